The molecule has 0 spiro atoms. The number of ether oxygens (including phenoxy) is 1. The van der Waals surface area contributed by atoms with Crippen molar-refractivity contribution in [1.29, 1.82) is 0 Å². The van der Waals surface area contributed by atoms with Gasteiger partial charge in [0.05, 0.1) is 6.10 Å². The Hall–Kier alpha value is -2.18. The lowest BCUT2D eigenvalue weighted by molar-refractivity contribution is 0.0952. The van der Waals surface area contributed by atoms with Gasteiger partial charge in [-0.25, -0.2) is 4.98 Å². The molecular formula is C19H23N3O2S. The predicted molar refractivity (Wildman–Crippen MR) is 101 cm³/mol. The van der Waals surface area contributed by atoms with Crippen molar-refractivity contribution < 1.29 is 9.53 Å². The van der Waals surface area contributed by atoms with Crippen LogP contribution in [-0.2, 0) is 0 Å². The number of rotatable bonds is 6. The quantitative estimate of drug-likeness (QED) is 0.779. The van der Waals surface area contributed by atoms with E-state index in [4.69, 9.17) is 4.74 Å². The van der Waals surface area contributed by atoms with Crippen LogP contribution in [0.5, 0.6) is 5.75 Å². The molecule has 0 bridgehead atoms. The van der Waals surface area contributed by atoms with Crippen LogP contribution in [-0.4, -0.2) is 36.6 Å². The van der Waals surface area contributed by atoms with Gasteiger partial charge in [-0.2, -0.15) is 0 Å². The number of aromatic nitrogens is 1. The number of carbonyl (C=O) groups is 1. The van der Waals surface area contributed by atoms with Crippen LogP contribution in [0.1, 0.15) is 30.8 Å². The molecule has 1 aliphatic rings. The summed E-state index contributed by atoms with van der Waals surface area (Å²) in [6.07, 6.45) is 3.26. The highest BCUT2D eigenvalue weighted by Crippen LogP contribution is 2.26. The molecule has 1 aliphatic heterocycles. The minimum Gasteiger partial charge on any atom is -0.491 e. The fraction of sp³-hybridized carbons (Fsp3) is 0.368. The number of thiazole rings is 1. The molecule has 132 valence electrons. The maximum absolute atomic E-state index is 12.3. The zero-order valence-corrected chi connectivity index (χ0v) is 15.4. The summed E-state index contributed by atoms with van der Waals surface area (Å²) < 4.78 is 5.65. The zero-order valence-electron chi connectivity index (χ0n) is 14.5. The zero-order chi connectivity index (χ0) is 17.6. The van der Waals surface area contributed by atoms with Crippen LogP contribution in [0.25, 0.3) is 10.6 Å². The standard InChI is InChI=1S/C19H23N3O2S/c1-13(2)24-16-5-3-15(4-6-16)19-22-17(12-25-19)18(23)21-11-14-7-9-20-10-8-14/h3-7,12-13,20H,8-11H2,1-2H3,(H,21,23). The third-order valence-corrected chi connectivity index (χ3v) is 4.74. The molecule has 0 atom stereocenters. The molecule has 0 aliphatic carbocycles. The molecule has 1 aromatic carbocycles. The van der Waals surface area contributed by atoms with Crippen LogP contribution >= 0.6 is 11.3 Å². The van der Waals surface area contributed by atoms with Gasteiger partial charge in [0.15, 0.2) is 0 Å². The van der Waals surface area contributed by atoms with Crippen LogP contribution < -0.4 is 15.4 Å². The Morgan fingerprint density at radius 2 is 2.16 bits per heavy atom. The molecule has 0 saturated heterocycles. The van der Waals surface area contributed by atoms with Crippen molar-refractivity contribution in [2.75, 3.05) is 19.6 Å². The molecule has 2 aromatic rings. The van der Waals surface area contributed by atoms with Crippen molar-refractivity contribution in [2.24, 2.45) is 0 Å². The van der Waals surface area contributed by atoms with Crippen molar-refractivity contribution in [3.05, 3.63) is 47.0 Å². The van der Waals surface area contributed by atoms with Gasteiger partial charge in [-0.3, -0.25) is 4.79 Å². The third kappa shape index (κ3) is 4.90. The van der Waals surface area contributed by atoms with E-state index in [1.165, 1.54) is 16.9 Å². The minimum atomic E-state index is -0.123. The molecule has 0 radical (unpaired) electrons. The molecule has 2 heterocycles. The Labute approximate surface area is 152 Å². The number of amides is 1. The largest absolute Gasteiger partial charge is 0.491 e. The smallest absolute Gasteiger partial charge is 0.271 e. The van der Waals surface area contributed by atoms with Crippen LogP contribution in [0.4, 0.5) is 0 Å². The molecule has 0 saturated carbocycles. The van der Waals surface area contributed by atoms with Gasteiger partial charge in [-0.15, -0.1) is 11.3 Å². The van der Waals surface area contributed by atoms with Crippen molar-refractivity contribution in [2.45, 2.75) is 26.4 Å². The first kappa shape index (κ1) is 17.6. The van der Waals surface area contributed by atoms with E-state index in [-0.39, 0.29) is 12.0 Å². The first-order valence-electron chi connectivity index (χ1n) is 8.51. The second-order valence-corrected chi connectivity index (χ2v) is 7.09. The Morgan fingerprint density at radius 3 is 2.84 bits per heavy atom. The van der Waals surface area contributed by atoms with E-state index in [0.29, 0.717) is 12.2 Å². The summed E-state index contributed by atoms with van der Waals surface area (Å²) in [6, 6.07) is 7.80. The maximum atomic E-state index is 12.3. The van der Waals surface area contributed by atoms with E-state index in [0.717, 1.165) is 35.8 Å². The normalized spacial score (nSPS) is 14.3. The first-order chi connectivity index (χ1) is 12.1. The van der Waals surface area contributed by atoms with Gasteiger partial charge in [-0.05, 0) is 51.1 Å². The van der Waals surface area contributed by atoms with Gasteiger partial charge in [0.2, 0.25) is 0 Å². The summed E-state index contributed by atoms with van der Waals surface area (Å²) in [6.45, 7) is 6.44. The highest BCUT2D eigenvalue weighted by molar-refractivity contribution is 7.13. The number of nitrogens with zero attached hydrogens (tertiary/aromatic N) is 1. The van der Waals surface area contributed by atoms with Crippen LogP contribution in [0.15, 0.2) is 41.3 Å². The summed E-state index contributed by atoms with van der Waals surface area (Å²) in [5.41, 5.74) is 2.72. The molecule has 5 nitrogen and oxygen atoms in total. The average molecular weight is 357 g/mol. The van der Waals surface area contributed by atoms with Crippen molar-refractivity contribution in [3.63, 3.8) is 0 Å². The monoisotopic (exact) mass is 357 g/mol. The maximum Gasteiger partial charge on any atom is 0.271 e. The fourth-order valence-electron chi connectivity index (χ4n) is 2.57. The molecule has 1 aromatic heterocycles. The molecule has 25 heavy (non-hydrogen) atoms. The molecule has 0 fully saturated rings. The summed E-state index contributed by atoms with van der Waals surface area (Å²) in [4.78, 5) is 16.7. The topological polar surface area (TPSA) is 63.2 Å². The van der Waals surface area contributed by atoms with E-state index < -0.39 is 0 Å². The Bertz CT molecular complexity index is 750. The number of benzene rings is 1. The lowest BCUT2D eigenvalue weighted by atomic mass is 10.1. The molecule has 0 unspecified atom stereocenters. The Kier molecular flexibility index (Phi) is 5.83. The van der Waals surface area contributed by atoms with Crippen LogP contribution in [0.2, 0.25) is 0 Å². The third-order valence-electron chi connectivity index (χ3n) is 3.84. The second-order valence-electron chi connectivity index (χ2n) is 6.23. The SMILES string of the molecule is CC(C)Oc1ccc(-c2nc(C(=O)NCC3=CCNCC3)cs2)cc1. The summed E-state index contributed by atoms with van der Waals surface area (Å²) in [5.74, 6) is 0.713. The number of nitrogens with one attached hydrogen (secondary N) is 2. The summed E-state index contributed by atoms with van der Waals surface area (Å²) in [7, 11) is 0. The highest BCUT2D eigenvalue weighted by Gasteiger charge is 2.13. The van der Waals surface area contributed by atoms with Crippen molar-refractivity contribution in [3.8, 4) is 16.3 Å². The Balaban J connectivity index is 1.61. The number of hydrogen-bond acceptors (Lipinski definition) is 5. The van der Waals surface area contributed by atoms with Gasteiger partial charge in [0.25, 0.3) is 5.91 Å². The predicted octanol–water partition coefficient (Wildman–Crippen LogP) is 3.25. The van der Waals surface area contributed by atoms with Gasteiger partial charge in [0, 0.05) is 24.0 Å². The molecule has 6 heteroatoms. The first-order valence-corrected chi connectivity index (χ1v) is 9.39. The van der Waals surface area contributed by atoms with Crippen molar-refractivity contribution in [1.82, 2.24) is 15.6 Å². The van der Waals surface area contributed by atoms with Gasteiger partial charge < -0.3 is 15.4 Å². The molecule has 1 amide bonds. The van der Waals surface area contributed by atoms with Crippen LogP contribution in [0.3, 0.4) is 0 Å². The van der Waals surface area contributed by atoms with E-state index >= 15 is 0 Å². The summed E-state index contributed by atoms with van der Waals surface area (Å²) >= 11 is 1.47. The Morgan fingerprint density at radius 1 is 1.36 bits per heavy atom. The van der Waals surface area contributed by atoms with Crippen molar-refractivity contribution >= 4 is 17.2 Å². The average Bonchev–Trinajstić information content (AvgIpc) is 3.11. The van der Waals surface area contributed by atoms with Crippen LogP contribution in [0, 0.1) is 0 Å². The molecular weight excluding hydrogens is 334 g/mol. The fourth-order valence-corrected chi connectivity index (χ4v) is 3.38. The highest BCUT2D eigenvalue weighted by atomic mass is 32.1. The van der Waals surface area contributed by atoms with E-state index in [1.807, 2.05) is 38.1 Å². The molecule has 3 rings (SSSR count). The number of hydrogen-bond donors (Lipinski definition) is 2. The van der Waals surface area contributed by atoms with E-state index in [9.17, 15) is 4.79 Å². The van der Waals surface area contributed by atoms with Gasteiger partial charge in [-0.1, -0.05) is 11.6 Å². The molecule has 2 N–H and O–H groups in total. The second kappa shape index (κ2) is 8.27. The van der Waals surface area contributed by atoms with E-state index in [2.05, 4.69) is 21.7 Å². The number of carbonyl (C=O) groups excluding carboxylic acids is 1. The van der Waals surface area contributed by atoms with Gasteiger partial charge >= 0.3 is 0 Å². The summed E-state index contributed by atoms with van der Waals surface area (Å²) in [5, 5.41) is 8.86. The minimum absolute atomic E-state index is 0.123. The van der Waals surface area contributed by atoms with E-state index in [1.54, 1.807) is 5.38 Å². The lowest BCUT2D eigenvalue weighted by Crippen LogP contribution is -2.29. The lowest BCUT2D eigenvalue weighted by Gasteiger charge is -2.14. The van der Waals surface area contributed by atoms with Gasteiger partial charge in [0.1, 0.15) is 16.5 Å².